The number of rotatable bonds is 6. The average Bonchev–Trinajstić information content (AvgIpc) is 3.32. The van der Waals surface area contributed by atoms with Crippen LogP contribution in [0.2, 0.25) is 0 Å². The first kappa shape index (κ1) is 21.7. The summed E-state index contributed by atoms with van der Waals surface area (Å²) in [6.45, 7) is 8.12. The highest BCUT2D eigenvalue weighted by Crippen LogP contribution is 2.24. The Hall–Kier alpha value is -3.09. The SMILES string of the molecule is Cc1[nH]c2ccc(CNC(=O)CN3CCOCC(Cc4cccc5occc45)C3)cc2c1C. The number of carbonyl (C=O) groups is 1. The lowest BCUT2D eigenvalue weighted by molar-refractivity contribution is -0.122. The van der Waals surface area contributed by atoms with E-state index in [1.807, 2.05) is 18.2 Å². The summed E-state index contributed by atoms with van der Waals surface area (Å²) >= 11 is 0. The molecule has 0 aliphatic carbocycles. The van der Waals surface area contributed by atoms with Gasteiger partial charge in [0, 0.05) is 41.6 Å². The first-order chi connectivity index (χ1) is 16.1. The predicted molar refractivity (Wildman–Crippen MR) is 130 cm³/mol. The van der Waals surface area contributed by atoms with Crippen molar-refractivity contribution in [1.29, 1.82) is 0 Å². The second-order valence-corrected chi connectivity index (χ2v) is 9.16. The lowest BCUT2D eigenvalue weighted by Gasteiger charge is -2.23. The molecule has 6 heteroatoms. The standard InChI is InChI=1S/C27H31N3O3/c1-18-19(2)29-25-7-6-20(13-24(18)25)14-28-27(31)16-30-9-11-32-17-21(15-30)12-22-4-3-5-26-23(22)8-10-33-26/h3-8,10,13,21,29H,9,11-12,14-17H2,1-2H3,(H,28,31). The number of aromatic nitrogens is 1. The summed E-state index contributed by atoms with van der Waals surface area (Å²) in [6.07, 6.45) is 2.65. The molecule has 1 saturated heterocycles. The highest BCUT2D eigenvalue weighted by molar-refractivity contribution is 5.85. The van der Waals surface area contributed by atoms with Gasteiger partial charge in [0.1, 0.15) is 5.58 Å². The van der Waals surface area contributed by atoms with Crippen molar-refractivity contribution >= 4 is 27.8 Å². The van der Waals surface area contributed by atoms with E-state index in [-0.39, 0.29) is 5.91 Å². The number of nitrogens with one attached hydrogen (secondary N) is 2. The van der Waals surface area contributed by atoms with Crippen LogP contribution in [0.25, 0.3) is 21.9 Å². The average molecular weight is 446 g/mol. The minimum Gasteiger partial charge on any atom is -0.464 e. The van der Waals surface area contributed by atoms with E-state index in [4.69, 9.17) is 9.15 Å². The van der Waals surface area contributed by atoms with Crippen molar-refractivity contribution < 1.29 is 13.9 Å². The quantitative estimate of drug-likeness (QED) is 0.463. The van der Waals surface area contributed by atoms with Gasteiger partial charge in [-0.1, -0.05) is 18.2 Å². The molecule has 172 valence electrons. The zero-order valence-electron chi connectivity index (χ0n) is 19.3. The molecule has 0 radical (unpaired) electrons. The zero-order chi connectivity index (χ0) is 22.8. The Balaban J connectivity index is 1.18. The summed E-state index contributed by atoms with van der Waals surface area (Å²) in [5.74, 6) is 0.387. The molecule has 1 amide bonds. The van der Waals surface area contributed by atoms with Crippen molar-refractivity contribution in [2.24, 2.45) is 5.92 Å². The van der Waals surface area contributed by atoms with Crippen LogP contribution in [-0.2, 0) is 22.5 Å². The van der Waals surface area contributed by atoms with Gasteiger partial charge in [0.25, 0.3) is 0 Å². The minimum absolute atomic E-state index is 0.0506. The Labute approximate surface area is 193 Å². The molecule has 2 N–H and O–H groups in total. The van der Waals surface area contributed by atoms with Crippen molar-refractivity contribution in [1.82, 2.24) is 15.2 Å². The molecule has 1 aliphatic heterocycles. The molecule has 5 rings (SSSR count). The van der Waals surface area contributed by atoms with Crippen molar-refractivity contribution in [2.45, 2.75) is 26.8 Å². The van der Waals surface area contributed by atoms with Crippen molar-refractivity contribution in [3.05, 3.63) is 71.1 Å². The van der Waals surface area contributed by atoms with Crippen LogP contribution in [0.4, 0.5) is 0 Å². The molecule has 0 spiro atoms. The maximum absolute atomic E-state index is 12.7. The number of hydrogen-bond donors (Lipinski definition) is 2. The van der Waals surface area contributed by atoms with Gasteiger partial charge >= 0.3 is 0 Å². The molecule has 4 aromatic rings. The van der Waals surface area contributed by atoms with Crippen LogP contribution >= 0.6 is 0 Å². The van der Waals surface area contributed by atoms with Gasteiger partial charge in [0.2, 0.25) is 5.91 Å². The second-order valence-electron chi connectivity index (χ2n) is 9.16. The normalized spacial score (nSPS) is 17.5. The molecular formula is C27H31N3O3. The molecule has 6 nitrogen and oxygen atoms in total. The van der Waals surface area contributed by atoms with E-state index in [1.54, 1.807) is 6.26 Å². The number of carbonyl (C=O) groups excluding carboxylic acids is 1. The summed E-state index contributed by atoms with van der Waals surface area (Å²) < 4.78 is 11.4. The monoisotopic (exact) mass is 445 g/mol. The largest absolute Gasteiger partial charge is 0.464 e. The van der Waals surface area contributed by atoms with Crippen LogP contribution in [0.5, 0.6) is 0 Å². The molecule has 0 bridgehead atoms. The number of hydrogen-bond acceptors (Lipinski definition) is 4. The first-order valence-corrected chi connectivity index (χ1v) is 11.7. The third kappa shape index (κ3) is 4.82. The summed E-state index contributed by atoms with van der Waals surface area (Å²) in [5, 5.41) is 5.48. The van der Waals surface area contributed by atoms with Gasteiger partial charge < -0.3 is 19.5 Å². The van der Waals surface area contributed by atoms with Gasteiger partial charge in [-0.05, 0) is 67.1 Å². The van der Waals surface area contributed by atoms with E-state index in [0.717, 1.165) is 41.6 Å². The van der Waals surface area contributed by atoms with Crippen LogP contribution in [-0.4, -0.2) is 48.6 Å². The third-order valence-electron chi connectivity index (χ3n) is 6.75. The van der Waals surface area contributed by atoms with Crippen LogP contribution in [0.15, 0.2) is 53.1 Å². The lowest BCUT2D eigenvalue weighted by atomic mass is 9.97. The first-order valence-electron chi connectivity index (χ1n) is 11.7. The third-order valence-corrected chi connectivity index (χ3v) is 6.75. The molecule has 3 heterocycles. The number of furan rings is 1. The number of H-pyrrole nitrogens is 1. The highest BCUT2D eigenvalue weighted by Gasteiger charge is 2.22. The Kier molecular flexibility index (Phi) is 6.20. The van der Waals surface area contributed by atoms with Crippen LogP contribution < -0.4 is 5.32 Å². The predicted octanol–water partition coefficient (Wildman–Crippen LogP) is 4.34. The van der Waals surface area contributed by atoms with E-state index < -0.39 is 0 Å². The van der Waals surface area contributed by atoms with Gasteiger partial charge in [0.15, 0.2) is 0 Å². The number of nitrogens with zero attached hydrogens (tertiary/aromatic N) is 1. The molecule has 33 heavy (non-hydrogen) atoms. The van der Waals surface area contributed by atoms with Crippen molar-refractivity contribution in [3.8, 4) is 0 Å². The van der Waals surface area contributed by atoms with Gasteiger partial charge in [0.05, 0.1) is 26.0 Å². The molecule has 1 unspecified atom stereocenters. The molecule has 1 atom stereocenters. The second kappa shape index (κ2) is 9.41. The maximum atomic E-state index is 12.7. The fourth-order valence-corrected chi connectivity index (χ4v) is 4.84. The van der Waals surface area contributed by atoms with Crippen LogP contribution in [0, 0.1) is 19.8 Å². The molecule has 1 fully saturated rings. The summed E-state index contributed by atoms with van der Waals surface area (Å²) in [7, 11) is 0. The molecule has 2 aromatic carbocycles. The number of benzene rings is 2. The molecule has 1 aliphatic rings. The van der Waals surface area contributed by atoms with E-state index >= 15 is 0 Å². The molecule has 2 aromatic heterocycles. The van der Waals surface area contributed by atoms with Gasteiger partial charge in [-0.2, -0.15) is 0 Å². The lowest BCUT2D eigenvalue weighted by Crippen LogP contribution is -2.40. The van der Waals surface area contributed by atoms with E-state index in [9.17, 15) is 4.79 Å². The number of ether oxygens (including phenoxy) is 1. The van der Waals surface area contributed by atoms with Crippen LogP contribution in [0.3, 0.4) is 0 Å². The van der Waals surface area contributed by atoms with Gasteiger partial charge in [-0.25, -0.2) is 0 Å². The summed E-state index contributed by atoms with van der Waals surface area (Å²) in [4.78, 5) is 18.3. The van der Waals surface area contributed by atoms with E-state index in [2.05, 4.69) is 53.3 Å². The minimum atomic E-state index is 0.0506. The fraction of sp³-hybridized carbons (Fsp3) is 0.370. The summed E-state index contributed by atoms with van der Waals surface area (Å²) in [6, 6.07) is 14.6. The summed E-state index contributed by atoms with van der Waals surface area (Å²) in [5.41, 5.74) is 6.89. The van der Waals surface area contributed by atoms with Gasteiger partial charge in [-0.15, -0.1) is 0 Å². The Bertz CT molecular complexity index is 1270. The Morgan fingerprint density at radius 2 is 2.09 bits per heavy atom. The number of aryl methyl sites for hydroxylation is 2. The molecule has 0 saturated carbocycles. The molecular weight excluding hydrogens is 414 g/mol. The van der Waals surface area contributed by atoms with E-state index in [1.165, 1.54) is 22.2 Å². The number of fused-ring (bicyclic) bond motifs is 2. The smallest absolute Gasteiger partial charge is 0.234 e. The van der Waals surface area contributed by atoms with E-state index in [0.29, 0.717) is 32.2 Å². The number of aromatic amines is 1. The topological polar surface area (TPSA) is 70.5 Å². The van der Waals surface area contributed by atoms with Crippen LogP contribution in [0.1, 0.15) is 22.4 Å². The zero-order valence-corrected chi connectivity index (χ0v) is 19.3. The number of amides is 1. The van der Waals surface area contributed by atoms with Crippen molar-refractivity contribution in [3.63, 3.8) is 0 Å². The van der Waals surface area contributed by atoms with Crippen molar-refractivity contribution in [2.75, 3.05) is 32.8 Å². The highest BCUT2D eigenvalue weighted by atomic mass is 16.5. The maximum Gasteiger partial charge on any atom is 0.234 e. The Morgan fingerprint density at radius 3 is 3.00 bits per heavy atom. The fourth-order valence-electron chi connectivity index (χ4n) is 4.84. The Morgan fingerprint density at radius 1 is 1.18 bits per heavy atom. The van der Waals surface area contributed by atoms with Gasteiger partial charge in [-0.3, -0.25) is 9.69 Å².